The zero-order valence-electron chi connectivity index (χ0n) is 32.8. The molecule has 1 aliphatic heterocycles. The number of esters is 2. The zero-order chi connectivity index (χ0) is 42.0. The molecular formula is C38H45ClIN5O11. The standard InChI is InChI=1S/C38H45ClIN5O11/c1-12-37(11)25(19-52-38(21(3)46,31(48)51-13-2)18-23-14-16-24(40)17-15-23)54-30(27(37)53-22(4)47)44-20-41-26-28(44)42-32(39)43-29(26)45(33(49)55-35(5,6)7)34(50)56-36(8,9)10/h1,14-17,20,25,27,30H,13,18-19H2,2-11H3/t25-,27+,30-,37+,38?/m1/s1. The highest BCUT2D eigenvalue weighted by Gasteiger charge is 2.58. The van der Waals surface area contributed by atoms with Crippen LogP contribution >= 0.6 is 34.2 Å². The van der Waals surface area contributed by atoms with Gasteiger partial charge in [-0.3, -0.25) is 14.2 Å². The van der Waals surface area contributed by atoms with Gasteiger partial charge >= 0.3 is 24.1 Å². The number of carbonyl (C=O) groups excluding carboxylic acids is 5. The van der Waals surface area contributed by atoms with Gasteiger partial charge in [-0.15, -0.1) is 6.42 Å². The van der Waals surface area contributed by atoms with Crippen molar-refractivity contribution in [2.24, 2.45) is 5.41 Å². The number of Topliss-reactive ketones (excluding diaryl/α,β-unsaturated/α-hetero) is 1. The Morgan fingerprint density at radius 3 is 2.11 bits per heavy atom. The lowest BCUT2D eigenvalue weighted by Crippen LogP contribution is -2.53. The van der Waals surface area contributed by atoms with Crippen molar-refractivity contribution < 1.29 is 52.4 Å². The highest BCUT2D eigenvalue weighted by Crippen LogP contribution is 2.47. The van der Waals surface area contributed by atoms with E-state index in [2.05, 4.69) is 43.5 Å². The number of fused-ring (bicyclic) bond motifs is 1. The van der Waals surface area contributed by atoms with Crippen molar-refractivity contribution in [1.82, 2.24) is 19.5 Å². The minimum atomic E-state index is -2.10. The molecule has 302 valence electrons. The number of ketones is 1. The van der Waals surface area contributed by atoms with E-state index in [-0.39, 0.29) is 30.0 Å². The first kappa shape index (κ1) is 44.3. The first-order chi connectivity index (χ1) is 26.0. The van der Waals surface area contributed by atoms with Gasteiger partial charge in [-0.2, -0.15) is 14.9 Å². The molecule has 5 atom stereocenters. The van der Waals surface area contributed by atoms with E-state index >= 15 is 0 Å². The molecule has 1 aromatic carbocycles. The molecule has 0 saturated carbocycles. The maximum absolute atomic E-state index is 13.6. The van der Waals surface area contributed by atoms with Gasteiger partial charge in [-0.1, -0.05) is 18.1 Å². The third-order valence-electron chi connectivity index (χ3n) is 8.46. The maximum atomic E-state index is 13.6. The van der Waals surface area contributed by atoms with E-state index in [1.54, 1.807) is 67.5 Å². The molecule has 2 amide bonds. The third-order valence-corrected chi connectivity index (χ3v) is 9.35. The van der Waals surface area contributed by atoms with Crippen LogP contribution in [0.2, 0.25) is 5.28 Å². The van der Waals surface area contributed by atoms with Gasteiger partial charge in [0.2, 0.25) is 10.9 Å². The number of imide groups is 1. The number of benzene rings is 1. The molecule has 0 bridgehead atoms. The molecular weight excluding hydrogens is 865 g/mol. The predicted octanol–water partition coefficient (Wildman–Crippen LogP) is 6.38. The third kappa shape index (κ3) is 9.76. The molecule has 1 aliphatic rings. The molecule has 18 heteroatoms. The van der Waals surface area contributed by atoms with Gasteiger partial charge in [0.05, 0.1) is 25.0 Å². The lowest BCUT2D eigenvalue weighted by atomic mass is 9.81. The summed E-state index contributed by atoms with van der Waals surface area (Å²) in [6, 6.07) is 7.19. The van der Waals surface area contributed by atoms with Gasteiger partial charge in [-0.25, -0.2) is 19.4 Å². The summed E-state index contributed by atoms with van der Waals surface area (Å²) in [6.45, 7) is 14.8. The highest BCUT2D eigenvalue weighted by molar-refractivity contribution is 14.1. The van der Waals surface area contributed by atoms with Crippen LogP contribution in [0.15, 0.2) is 30.6 Å². The topological polar surface area (TPSA) is 188 Å². The van der Waals surface area contributed by atoms with E-state index in [1.807, 2.05) is 12.1 Å². The Morgan fingerprint density at radius 2 is 1.61 bits per heavy atom. The van der Waals surface area contributed by atoms with E-state index < -0.39 is 82.5 Å². The van der Waals surface area contributed by atoms with E-state index in [4.69, 9.17) is 46.4 Å². The highest BCUT2D eigenvalue weighted by atomic mass is 127. The van der Waals surface area contributed by atoms with Crippen LogP contribution in [0.1, 0.15) is 81.0 Å². The molecule has 1 saturated heterocycles. The maximum Gasteiger partial charge on any atom is 0.425 e. The van der Waals surface area contributed by atoms with Crippen molar-refractivity contribution in [1.29, 1.82) is 0 Å². The fraction of sp³-hybridized carbons (Fsp3) is 0.526. The Hall–Kier alpha value is -4.38. The van der Waals surface area contributed by atoms with Crippen LogP contribution in [0.5, 0.6) is 0 Å². The SMILES string of the molecule is C#C[C@@]1(C)[C@@H](COC(Cc2ccc(I)cc2)(C(C)=O)C(=O)OCC)O[C@@H](n2cnc3c(N(C(=O)OC(C)(C)C)C(=O)OC(C)(C)C)nc(Cl)nc32)[C@@H]1OC(C)=O. The largest absolute Gasteiger partial charge is 0.463 e. The fourth-order valence-electron chi connectivity index (χ4n) is 5.81. The van der Waals surface area contributed by atoms with Crippen molar-refractivity contribution >= 4 is 81.1 Å². The molecule has 3 aromatic rings. The smallest absolute Gasteiger partial charge is 0.425 e. The quantitative estimate of drug-likeness (QED) is 0.0515. The molecule has 56 heavy (non-hydrogen) atoms. The number of hydrogen-bond acceptors (Lipinski definition) is 14. The van der Waals surface area contributed by atoms with Crippen molar-refractivity contribution in [2.45, 2.75) is 111 Å². The molecule has 2 aromatic heterocycles. The van der Waals surface area contributed by atoms with Crippen LogP contribution in [0.3, 0.4) is 0 Å². The van der Waals surface area contributed by atoms with Crippen molar-refractivity contribution in [3.63, 3.8) is 0 Å². The summed E-state index contributed by atoms with van der Waals surface area (Å²) in [5, 5.41) is -0.413. The Bertz CT molecular complexity index is 2010. The molecule has 4 rings (SSSR count). The molecule has 0 N–H and O–H groups in total. The van der Waals surface area contributed by atoms with Crippen LogP contribution in [-0.2, 0) is 49.2 Å². The number of terminal acetylenes is 1. The Labute approximate surface area is 343 Å². The number of ether oxygens (including phenoxy) is 6. The van der Waals surface area contributed by atoms with Gasteiger partial charge in [0.25, 0.3) is 0 Å². The summed E-state index contributed by atoms with van der Waals surface area (Å²) in [5.74, 6) is 0.0523. The zero-order valence-corrected chi connectivity index (χ0v) is 35.7. The van der Waals surface area contributed by atoms with E-state index in [0.29, 0.717) is 10.5 Å². The van der Waals surface area contributed by atoms with Crippen LogP contribution in [0.4, 0.5) is 15.4 Å². The molecule has 0 radical (unpaired) electrons. The average Bonchev–Trinajstić information content (AvgIpc) is 3.60. The molecule has 0 spiro atoms. The minimum Gasteiger partial charge on any atom is -0.463 e. The predicted molar refractivity (Wildman–Crippen MR) is 211 cm³/mol. The van der Waals surface area contributed by atoms with Gasteiger partial charge < -0.3 is 28.4 Å². The minimum absolute atomic E-state index is 0.0259. The van der Waals surface area contributed by atoms with Gasteiger partial charge in [0.15, 0.2) is 35.1 Å². The number of halogens is 2. The lowest BCUT2D eigenvalue weighted by molar-refractivity contribution is -0.182. The number of rotatable bonds is 11. The van der Waals surface area contributed by atoms with Crippen molar-refractivity contribution in [3.05, 3.63) is 45.0 Å². The fourth-order valence-corrected chi connectivity index (χ4v) is 6.33. The number of nitrogens with zero attached hydrogens (tertiary/aromatic N) is 5. The number of imidazole rings is 1. The summed E-state index contributed by atoms with van der Waals surface area (Å²) >= 11 is 8.56. The second-order valence-electron chi connectivity index (χ2n) is 15.1. The molecule has 3 heterocycles. The molecule has 1 unspecified atom stereocenters. The number of hydrogen-bond donors (Lipinski definition) is 0. The first-order valence-corrected chi connectivity index (χ1v) is 18.9. The second kappa shape index (κ2) is 17.0. The summed E-state index contributed by atoms with van der Waals surface area (Å²) in [6.07, 6.45) is 1.27. The van der Waals surface area contributed by atoms with Crippen molar-refractivity contribution in [3.8, 4) is 12.3 Å². The number of aromatic nitrogens is 4. The van der Waals surface area contributed by atoms with Crippen LogP contribution in [0.25, 0.3) is 11.2 Å². The van der Waals surface area contributed by atoms with Gasteiger partial charge in [0.1, 0.15) is 17.3 Å². The average molecular weight is 910 g/mol. The number of anilines is 1. The Morgan fingerprint density at radius 1 is 1.02 bits per heavy atom. The Balaban J connectivity index is 1.83. The summed E-state index contributed by atoms with van der Waals surface area (Å²) in [7, 11) is 0. The second-order valence-corrected chi connectivity index (χ2v) is 16.7. The van der Waals surface area contributed by atoms with E-state index in [0.717, 1.165) is 3.57 Å². The molecule has 1 fully saturated rings. The van der Waals surface area contributed by atoms with Crippen LogP contribution in [-0.4, -0.2) is 91.7 Å². The number of amides is 2. The first-order valence-electron chi connectivity index (χ1n) is 17.5. The monoisotopic (exact) mass is 909 g/mol. The van der Waals surface area contributed by atoms with E-state index in [9.17, 15) is 24.0 Å². The van der Waals surface area contributed by atoms with Gasteiger partial charge in [-0.05, 0) is 114 Å². The van der Waals surface area contributed by atoms with E-state index in [1.165, 1.54) is 24.7 Å². The van der Waals surface area contributed by atoms with Crippen molar-refractivity contribution in [2.75, 3.05) is 18.1 Å². The molecule has 16 nitrogen and oxygen atoms in total. The normalized spacial score (nSPS) is 20.7. The summed E-state index contributed by atoms with van der Waals surface area (Å²) in [5.41, 5.74) is -5.19. The Kier molecular flexibility index (Phi) is 13.5. The summed E-state index contributed by atoms with van der Waals surface area (Å²) in [4.78, 5) is 80.1. The lowest BCUT2D eigenvalue weighted by Gasteiger charge is -2.33. The van der Waals surface area contributed by atoms with Crippen LogP contribution < -0.4 is 4.90 Å². The van der Waals surface area contributed by atoms with Crippen LogP contribution in [0, 0.1) is 21.3 Å². The van der Waals surface area contributed by atoms with Gasteiger partial charge in [0, 0.05) is 16.9 Å². The number of carbonyl (C=O) groups is 5. The summed E-state index contributed by atoms with van der Waals surface area (Å²) < 4.78 is 37.2. The molecule has 0 aliphatic carbocycles.